The molecule has 0 aliphatic rings. The Hall–Kier alpha value is -2.62. The number of carbonyl (C=O) groups excluding carboxylic acids is 1. The molecule has 0 saturated carbocycles. The number of aryl methyl sites for hydroxylation is 3. The molecule has 2 aromatic heterocycles. The Kier molecular flexibility index (Phi) is 3.67. The number of pyridine rings is 1. The molecule has 0 radical (unpaired) electrons. The van der Waals surface area contributed by atoms with Crippen molar-refractivity contribution in [3.63, 3.8) is 0 Å². The van der Waals surface area contributed by atoms with Gasteiger partial charge < -0.3 is 14.9 Å². The van der Waals surface area contributed by atoms with Crippen molar-refractivity contribution < 1.29 is 9.90 Å². The average Bonchev–Trinajstić information content (AvgIpc) is 2.84. The lowest BCUT2D eigenvalue weighted by Gasteiger charge is -2.07. The Labute approximate surface area is 128 Å². The van der Waals surface area contributed by atoms with Crippen LogP contribution in [0.4, 0.5) is 0 Å². The topological polar surface area (TPSA) is 68.8 Å². The van der Waals surface area contributed by atoms with Crippen molar-refractivity contribution in [2.75, 3.05) is 0 Å². The second-order valence-electron chi connectivity index (χ2n) is 5.57. The summed E-state index contributed by atoms with van der Waals surface area (Å²) in [6, 6.07) is 9.91. The van der Waals surface area contributed by atoms with Gasteiger partial charge in [-0.1, -0.05) is 12.1 Å². The van der Waals surface area contributed by atoms with Crippen LogP contribution in [0.25, 0.3) is 22.3 Å². The Morgan fingerprint density at radius 2 is 2.09 bits per heavy atom. The highest BCUT2D eigenvalue weighted by atomic mass is 16.4. The molecule has 1 aromatic carbocycles. The third-order valence-corrected chi connectivity index (χ3v) is 3.84. The molecule has 0 aliphatic carbocycles. The summed E-state index contributed by atoms with van der Waals surface area (Å²) in [6.07, 6.45) is 2.17. The molecular weight excluding hydrogens is 276 g/mol. The van der Waals surface area contributed by atoms with E-state index in [0.29, 0.717) is 6.42 Å². The van der Waals surface area contributed by atoms with E-state index in [2.05, 4.69) is 29.0 Å². The fourth-order valence-electron chi connectivity index (χ4n) is 3.01. The fraction of sp³-hybridized carbons (Fsp3) is 0.222. The highest BCUT2D eigenvalue weighted by Gasteiger charge is 2.15. The lowest BCUT2D eigenvalue weighted by atomic mass is 9.99. The van der Waals surface area contributed by atoms with Crippen molar-refractivity contribution in [2.24, 2.45) is 0 Å². The lowest BCUT2D eigenvalue weighted by molar-refractivity contribution is -0.305. The quantitative estimate of drug-likeness (QED) is 0.803. The summed E-state index contributed by atoms with van der Waals surface area (Å²) in [5, 5.41) is 12.0. The van der Waals surface area contributed by atoms with Crippen LogP contribution < -0.4 is 5.11 Å². The summed E-state index contributed by atoms with van der Waals surface area (Å²) in [4.78, 5) is 18.7. The van der Waals surface area contributed by atoms with Gasteiger partial charge in [0.25, 0.3) is 0 Å². The van der Waals surface area contributed by atoms with E-state index in [1.807, 2.05) is 25.1 Å². The highest BCUT2D eigenvalue weighted by molar-refractivity contribution is 5.93. The van der Waals surface area contributed by atoms with E-state index in [9.17, 15) is 9.90 Å². The SMILES string of the molecule is Cc1cc(C)c2c(CCC(=O)[O-])c(-c3ccccn3)[nH]c2c1. The number of carboxylic acids is 1. The maximum atomic E-state index is 10.9. The van der Waals surface area contributed by atoms with Gasteiger partial charge in [0.05, 0.1) is 11.4 Å². The second kappa shape index (κ2) is 5.64. The van der Waals surface area contributed by atoms with Crippen LogP contribution in [0, 0.1) is 13.8 Å². The van der Waals surface area contributed by atoms with Crippen molar-refractivity contribution in [3.8, 4) is 11.4 Å². The van der Waals surface area contributed by atoms with Crippen molar-refractivity contribution in [1.82, 2.24) is 9.97 Å². The number of aromatic amines is 1. The van der Waals surface area contributed by atoms with E-state index in [-0.39, 0.29) is 6.42 Å². The van der Waals surface area contributed by atoms with Crippen LogP contribution in [0.15, 0.2) is 36.5 Å². The first kappa shape index (κ1) is 14.3. The normalized spacial score (nSPS) is 11.0. The van der Waals surface area contributed by atoms with E-state index in [1.165, 1.54) is 5.56 Å². The number of rotatable bonds is 4. The van der Waals surface area contributed by atoms with Crippen molar-refractivity contribution >= 4 is 16.9 Å². The molecule has 0 fully saturated rings. The molecule has 4 heteroatoms. The van der Waals surface area contributed by atoms with Crippen molar-refractivity contribution in [3.05, 3.63) is 53.2 Å². The van der Waals surface area contributed by atoms with Crippen LogP contribution in [0.1, 0.15) is 23.1 Å². The molecule has 3 aromatic rings. The summed E-state index contributed by atoms with van der Waals surface area (Å²) in [6.45, 7) is 4.10. The third-order valence-electron chi connectivity index (χ3n) is 3.84. The second-order valence-corrected chi connectivity index (χ2v) is 5.57. The zero-order valence-electron chi connectivity index (χ0n) is 12.6. The molecular formula is C18H17N2O2-. The van der Waals surface area contributed by atoms with Gasteiger partial charge in [-0.2, -0.15) is 0 Å². The van der Waals surface area contributed by atoms with E-state index < -0.39 is 5.97 Å². The largest absolute Gasteiger partial charge is 0.550 e. The zero-order chi connectivity index (χ0) is 15.7. The number of fused-ring (bicyclic) bond motifs is 1. The molecule has 0 atom stereocenters. The molecule has 22 heavy (non-hydrogen) atoms. The minimum absolute atomic E-state index is 0.000103. The number of nitrogens with one attached hydrogen (secondary N) is 1. The average molecular weight is 293 g/mol. The van der Waals surface area contributed by atoms with Crippen LogP contribution >= 0.6 is 0 Å². The summed E-state index contributed by atoms with van der Waals surface area (Å²) < 4.78 is 0. The van der Waals surface area contributed by atoms with Crippen molar-refractivity contribution in [1.29, 1.82) is 0 Å². The Balaban J connectivity index is 2.24. The summed E-state index contributed by atoms with van der Waals surface area (Å²) >= 11 is 0. The van der Waals surface area contributed by atoms with Gasteiger partial charge in [-0.15, -0.1) is 0 Å². The molecule has 0 bridgehead atoms. The van der Waals surface area contributed by atoms with Crippen molar-refractivity contribution in [2.45, 2.75) is 26.7 Å². The Bertz CT molecular complexity index is 835. The summed E-state index contributed by atoms with van der Waals surface area (Å²) in [5.41, 5.74) is 6.05. The first-order valence-corrected chi connectivity index (χ1v) is 7.29. The molecule has 3 rings (SSSR count). The molecule has 0 amide bonds. The fourth-order valence-corrected chi connectivity index (χ4v) is 3.01. The first-order chi connectivity index (χ1) is 10.6. The lowest BCUT2D eigenvalue weighted by Crippen LogP contribution is -2.22. The smallest absolute Gasteiger partial charge is 0.0867 e. The van der Waals surface area contributed by atoms with E-state index in [1.54, 1.807) is 6.20 Å². The third kappa shape index (κ3) is 2.60. The molecule has 0 aliphatic heterocycles. The van der Waals surface area contributed by atoms with Crippen LogP contribution in [0.3, 0.4) is 0 Å². The van der Waals surface area contributed by atoms with Gasteiger partial charge in [0.1, 0.15) is 0 Å². The standard InChI is InChI=1S/C18H18N2O2/c1-11-9-12(2)17-13(6-7-16(21)22)18(20-15(17)10-11)14-5-3-4-8-19-14/h3-5,8-10,20H,6-7H2,1-2H3,(H,21,22)/p-1. The Morgan fingerprint density at radius 3 is 2.77 bits per heavy atom. The monoisotopic (exact) mass is 293 g/mol. The zero-order valence-corrected chi connectivity index (χ0v) is 12.6. The van der Waals surface area contributed by atoms with Gasteiger partial charge in [0, 0.05) is 23.1 Å². The summed E-state index contributed by atoms with van der Waals surface area (Å²) in [7, 11) is 0. The molecule has 0 saturated heterocycles. The molecule has 0 unspecified atom stereocenters. The van der Waals surface area contributed by atoms with E-state index in [0.717, 1.165) is 33.4 Å². The number of aromatic nitrogens is 2. The molecule has 0 spiro atoms. The van der Waals surface area contributed by atoms with Gasteiger partial charge in [0.2, 0.25) is 0 Å². The number of carbonyl (C=O) groups is 1. The minimum Gasteiger partial charge on any atom is -0.550 e. The van der Waals surface area contributed by atoms with Gasteiger partial charge >= 0.3 is 0 Å². The van der Waals surface area contributed by atoms with Crippen LogP contribution in [-0.4, -0.2) is 15.9 Å². The maximum absolute atomic E-state index is 10.9. The molecule has 2 heterocycles. The molecule has 4 nitrogen and oxygen atoms in total. The maximum Gasteiger partial charge on any atom is 0.0867 e. The number of hydrogen-bond donors (Lipinski definition) is 1. The van der Waals surface area contributed by atoms with Gasteiger partial charge in [-0.05, 0) is 61.6 Å². The van der Waals surface area contributed by atoms with E-state index in [4.69, 9.17) is 0 Å². The summed E-state index contributed by atoms with van der Waals surface area (Å²) in [5.74, 6) is -1.04. The van der Waals surface area contributed by atoms with Crippen LogP contribution in [0.5, 0.6) is 0 Å². The predicted octanol–water partition coefficient (Wildman–Crippen LogP) is 2.53. The number of H-pyrrole nitrogens is 1. The van der Waals surface area contributed by atoms with E-state index >= 15 is 0 Å². The van der Waals surface area contributed by atoms with Crippen LogP contribution in [0.2, 0.25) is 0 Å². The van der Waals surface area contributed by atoms with Gasteiger partial charge in [-0.3, -0.25) is 4.98 Å². The number of carboxylic acid groups (broad SMARTS) is 1. The number of nitrogens with zero attached hydrogens (tertiary/aromatic N) is 1. The number of benzene rings is 1. The highest BCUT2D eigenvalue weighted by Crippen LogP contribution is 2.33. The Morgan fingerprint density at radius 1 is 1.27 bits per heavy atom. The van der Waals surface area contributed by atoms with Gasteiger partial charge in [0.15, 0.2) is 0 Å². The molecule has 112 valence electrons. The minimum atomic E-state index is -1.04. The van der Waals surface area contributed by atoms with Gasteiger partial charge in [-0.25, -0.2) is 0 Å². The predicted molar refractivity (Wildman–Crippen MR) is 84.3 cm³/mol. The van der Waals surface area contributed by atoms with Crippen LogP contribution in [-0.2, 0) is 11.2 Å². The first-order valence-electron chi connectivity index (χ1n) is 7.29. The molecule has 1 N–H and O–H groups in total. The number of aliphatic carboxylic acids is 1. The number of hydrogen-bond acceptors (Lipinski definition) is 3.